The molecule has 0 fully saturated rings. The second-order valence-corrected chi connectivity index (χ2v) is 11.1. The fourth-order valence-electron chi connectivity index (χ4n) is 4.88. The Morgan fingerprint density at radius 2 is 1.70 bits per heavy atom. The van der Waals surface area contributed by atoms with Crippen molar-refractivity contribution < 1.29 is 9.53 Å². The maximum absolute atomic E-state index is 13.7. The molecule has 0 saturated carbocycles. The molecule has 0 unspecified atom stereocenters. The zero-order valence-corrected chi connectivity index (χ0v) is 23.5. The van der Waals surface area contributed by atoms with Crippen LogP contribution in [0.3, 0.4) is 0 Å². The summed E-state index contributed by atoms with van der Waals surface area (Å²) in [4.78, 5) is 34.0. The molecule has 202 valence electrons. The van der Waals surface area contributed by atoms with E-state index in [1.807, 2.05) is 66.7 Å². The molecule has 7 nitrogen and oxygen atoms in total. The van der Waals surface area contributed by atoms with E-state index in [-0.39, 0.29) is 11.5 Å². The van der Waals surface area contributed by atoms with Gasteiger partial charge in [-0.05, 0) is 48.4 Å². The third kappa shape index (κ3) is 4.89. The molecule has 0 saturated heterocycles. The summed E-state index contributed by atoms with van der Waals surface area (Å²) in [7, 11) is 0. The maximum atomic E-state index is 13.7. The van der Waals surface area contributed by atoms with Gasteiger partial charge < -0.3 is 9.64 Å². The third-order valence-corrected chi connectivity index (χ3v) is 8.37. The van der Waals surface area contributed by atoms with Gasteiger partial charge in [0.15, 0.2) is 5.82 Å². The number of halogens is 1. The molecule has 1 aliphatic heterocycles. The van der Waals surface area contributed by atoms with Gasteiger partial charge in [0.2, 0.25) is 4.96 Å². The van der Waals surface area contributed by atoms with Gasteiger partial charge >= 0.3 is 0 Å². The van der Waals surface area contributed by atoms with Gasteiger partial charge in [-0.2, -0.15) is 9.50 Å². The average molecular weight is 571 g/mol. The molecule has 1 amide bonds. The fraction of sp³-hybridized carbons (Fsp3) is 0.226. The first-order valence-electron chi connectivity index (χ1n) is 13.4. The van der Waals surface area contributed by atoms with Crippen molar-refractivity contribution in [3.63, 3.8) is 0 Å². The minimum Gasteiger partial charge on any atom is -0.494 e. The Morgan fingerprint density at radius 1 is 0.925 bits per heavy atom. The van der Waals surface area contributed by atoms with Crippen LogP contribution in [-0.2, 0) is 11.3 Å². The van der Waals surface area contributed by atoms with Crippen molar-refractivity contribution in [1.82, 2.24) is 14.6 Å². The predicted octanol–water partition coefficient (Wildman–Crippen LogP) is 5.90. The normalized spacial score (nSPS) is 14.2. The van der Waals surface area contributed by atoms with Crippen molar-refractivity contribution >= 4 is 45.1 Å². The molecule has 0 bridgehead atoms. The first kappa shape index (κ1) is 26.2. The van der Waals surface area contributed by atoms with Crippen molar-refractivity contribution in [2.24, 2.45) is 0 Å². The topological polar surface area (TPSA) is 76.8 Å². The molecule has 0 radical (unpaired) electrons. The van der Waals surface area contributed by atoms with Crippen LogP contribution in [0.2, 0.25) is 5.02 Å². The number of carbonyl (C=O) groups is 1. The lowest BCUT2D eigenvalue weighted by molar-refractivity contribution is -0.113. The summed E-state index contributed by atoms with van der Waals surface area (Å²) in [6.45, 7) is 3.18. The Labute approximate surface area is 240 Å². The molecule has 40 heavy (non-hydrogen) atoms. The summed E-state index contributed by atoms with van der Waals surface area (Å²) in [6, 6.07) is 22.5. The molecule has 0 aliphatic carbocycles. The number of amides is 1. The average Bonchev–Trinajstić information content (AvgIpc) is 3.61. The van der Waals surface area contributed by atoms with Crippen LogP contribution in [0.15, 0.2) is 77.6 Å². The highest BCUT2D eigenvalue weighted by molar-refractivity contribution is 7.15. The van der Waals surface area contributed by atoms with Crippen LogP contribution in [0.5, 0.6) is 5.75 Å². The van der Waals surface area contributed by atoms with Crippen molar-refractivity contribution in [1.29, 1.82) is 0 Å². The zero-order valence-electron chi connectivity index (χ0n) is 22.0. The fourth-order valence-corrected chi connectivity index (χ4v) is 6.07. The van der Waals surface area contributed by atoms with Gasteiger partial charge in [-0.3, -0.25) is 9.59 Å². The molecule has 3 aromatic carbocycles. The van der Waals surface area contributed by atoms with Crippen LogP contribution in [0.1, 0.15) is 43.7 Å². The molecule has 0 N–H and O–H groups in total. The third-order valence-electron chi connectivity index (χ3n) is 6.97. The Bertz CT molecular complexity index is 1810. The first-order valence-corrected chi connectivity index (χ1v) is 14.6. The monoisotopic (exact) mass is 570 g/mol. The number of rotatable bonds is 9. The number of unbranched alkanes of at least 4 members (excludes halogenated alkanes) is 3. The Morgan fingerprint density at radius 3 is 2.48 bits per heavy atom. The summed E-state index contributed by atoms with van der Waals surface area (Å²) >= 11 is 7.57. The molecule has 6 rings (SSSR count). The van der Waals surface area contributed by atoms with Crippen molar-refractivity contribution in [2.75, 3.05) is 11.5 Å². The zero-order chi connectivity index (χ0) is 27.6. The number of ether oxygens (including phenoxy) is 1. The number of benzene rings is 3. The van der Waals surface area contributed by atoms with E-state index in [0.29, 0.717) is 44.6 Å². The van der Waals surface area contributed by atoms with Crippen molar-refractivity contribution in [2.45, 2.75) is 39.2 Å². The van der Waals surface area contributed by atoms with E-state index in [1.54, 1.807) is 11.0 Å². The van der Waals surface area contributed by atoms with Gasteiger partial charge in [-0.1, -0.05) is 85.5 Å². The quantitative estimate of drug-likeness (QED) is 0.206. The minimum absolute atomic E-state index is 0.242. The summed E-state index contributed by atoms with van der Waals surface area (Å²) in [5.74, 6) is 1.00. The summed E-state index contributed by atoms with van der Waals surface area (Å²) in [6.07, 6.45) is 4.61. The first-order chi connectivity index (χ1) is 19.5. The molecule has 0 spiro atoms. The highest BCUT2D eigenvalue weighted by Crippen LogP contribution is 2.37. The maximum Gasteiger partial charge on any atom is 0.291 e. The summed E-state index contributed by atoms with van der Waals surface area (Å²) in [5, 5.41) is 5.07. The van der Waals surface area contributed by atoms with E-state index >= 15 is 0 Å². The standard InChI is InChI=1S/C31H27ClN4O3S/c1-2-3-4-9-18-39-22-16-14-20(15-17-22)28-33-31-36(34-28)30(38)27(40-31)26-23-11-6-8-13-25(23)35(29(26)37)19-21-10-5-7-12-24(21)32/h5-8,10-17H,2-4,9,18-19H2,1H3/b27-26-. The van der Waals surface area contributed by atoms with Crippen LogP contribution >= 0.6 is 22.9 Å². The van der Waals surface area contributed by atoms with E-state index in [4.69, 9.17) is 16.3 Å². The van der Waals surface area contributed by atoms with Crippen LogP contribution in [0.25, 0.3) is 21.9 Å². The number of carbonyl (C=O) groups excluding carboxylic acids is 1. The Kier molecular flexibility index (Phi) is 7.36. The molecule has 5 aromatic rings. The van der Waals surface area contributed by atoms with Crippen LogP contribution in [-0.4, -0.2) is 27.1 Å². The van der Waals surface area contributed by atoms with Crippen molar-refractivity contribution in [3.8, 4) is 17.1 Å². The SMILES string of the molecule is CCCCCCOc1ccc(-c2nc3s/c(=C4\C(=O)N(Cc5ccccc5Cl)c5ccccc54)c(=O)n3n2)cc1. The highest BCUT2D eigenvalue weighted by atomic mass is 35.5. The van der Waals surface area contributed by atoms with Gasteiger partial charge in [0, 0.05) is 16.1 Å². The number of thiazole rings is 1. The lowest BCUT2D eigenvalue weighted by Gasteiger charge is -2.17. The van der Waals surface area contributed by atoms with Gasteiger partial charge in [-0.15, -0.1) is 5.10 Å². The number of anilines is 1. The Balaban J connectivity index is 1.31. The number of hydrogen-bond donors (Lipinski definition) is 0. The van der Waals surface area contributed by atoms with E-state index in [2.05, 4.69) is 17.0 Å². The van der Waals surface area contributed by atoms with Crippen LogP contribution in [0, 0.1) is 0 Å². The number of hydrogen-bond acceptors (Lipinski definition) is 6. The lowest BCUT2D eigenvalue weighted by atomic mass is 10.1. The molecule has 1 aliphatic rings. The van der Waals surface area contributed by atoms with E-state index in [0.717, 1.165) is 29.0 Å². The molecule has 0 atom stereocenters. The van der Waals surface area contributed by atoms with Gasteiger partial charge in [-0.25, -0.2) is 0 Å². The van der Waals surface area contributed by atoms with Crippen LogP contribution < -0.4 is 19.7 Å². The molecule has 3 heterocycles. The second-order valence-electron chi connectivity index (χ2n) is 9.67. The smallest absolute Gasteiger partial charge is 0.291 e. The number of nitrogens with zero attached hydrogens (tertiary/aromatic N) is 4. The van der Waals surface area contributed by atoms with E-state index in [1.165, 1.54) is 35.1 Å². The molecular formula is C31H27ClN4O3S. The summed E-state index contributed by atoms with van der Waals surface area (Å²) < 4.78 is 7.44. The van der Waals surface area contributed by atoms with Crippen LogP contribution in [0.4, 0.5) is 5.69 Å². The summed E-state index contributed by atoms with van der Waals surface area (Å²) in [5.41, 5.74) is 3.09. The molecular weight excluding hydrogens is 544 g/mol. The van der Waals surface area contributed by atoms with Gasteiger partial charge in [0.05, 0.1) is 24.4 Å². The Hall–Kier alpha value is -4.01. The number of aromatic nitrogens is 3. The highest BCUT2D eigenvalue weighted by Gasteiger charge is 2.34. The van der Waals surface area contributed by atoms with E-state index in [9.17, 15) is 9.59 Å². The largest absolute Gasteiger partial charge is 0.494 e. The number of para-hydroxylation sites is 1. The van der Waals surface area contributed by atoms with Crippen molar-refractivity contribution in [3.05, 3.63) is 104 Å². The number of fused-ring (bicyclic) bond motifs is 2. The minimum atomic E-state index is -0.358. The molecule has 2 aromatic heterocycles. The molecule has 9 heteroatoms. The second kappa shape index (κ2) is 11.2. The lowest BCUT2D eigenvalue weighted by Crippen LogP contribution is -2.32. The predicted molar refractivity (Wildman–Crippen MR) is 159 cm³/mol. The van der Waals surface area contributed by atoms with Gasteiger partial charge in [0.1, 0.15) is 10.3 Å². The van der Waals surface area contributed by atoms with E-state index < -0.39 is 0 Å². The van der Waals surface area contributed by atoms with Gasteiger partial charge in [0.25, 0.3) is 11.5 Å².